The Hall–Kier alpha value is -2.27. The van der Waals surface area contributed by atoms with Gasteiger partial charge in [0.1, 0.15) is 0 Å². The van der Waals surface area contributed by atoms with Crippen LogP contribution < -0.4 is 20.5 Å². The third-order valence-corrected chi connectivity index (χ3v) is 7.28. The van der Waals surface area contributed by atoms with Crippen LogP contribution in [0.15, 0.2) is 71.3 Å². The molecule has 0 aliphatic heterocycles. The van der Waals surface area contributed by atoms with Crippen LogP contribution in [0.5, 0.6) is 0 Å². The molecule has 10 heteroatoms. The van der Waals surface area contributed by atoms with E-state index in [1.807, 2.05) is 87.6 Å². The molecule has 0 aliphatic rings. The average Bonchev–Trinajstić information content (AvgIpc) is 2.86. The molecule has 0 saturated carbocycles. The number of nitrogens with zero attached hydrogens (tertiary/aromatic N) is 4. The van der Waals surface area contributed by atoms with Gasteiger partial charge in [-0.25, -0.2) is 4.57 Å². The molecule has 0 fully saturated rings. The summed E-state index contributed by atoms with van der Waals surface area (Å²) >= 11 is 0. The number of aliphatic hydroxyl groups excluding tert-OH is 2. The molecule has 1 unspecified atom stereocenters. The molecular weight excluding hydrogens is 468 g/mol. The van der Waals surface area contributed by atoms with Crippen LogP contribution in [0.4, 0.5) is 17.1 Å². The van der Waals surface area contributed by atoms with E-state index >= 15 is 0 Å². The van der Waals surface area contributed by atoms with Crippen LogP contribution in [0.2, 0.25) is 0 Å². The SMILES string of the molecule is CCC(C=CNCCSSCC[n+]1ccc(N)cc1)N=Nc1ccc(N(CCO)CCO)cc1. The van der Waals surface area contributed by atoms with Gasteiger partial charge in [0.25, 0.3) is 0 Å². The average molecular weight is 506 g/mol. The van der Waals surface area contributed by atoms with Crippen LogP contribution in [0.1, 0.15) is 13.3 Å². The van der Waals surface area contributed by atoms with E-state index in [1.54, 1.807) is 0 Å². The van der Waals surface area contributed by atoms with E-state index < -0.39 is 0 Å². The molecule has 1 atom stereocenters. The largest absolute Gasteiger partial charge is 0.398 e. The predicted molar refractivity (Wildman–Crippen MR) is 145 cm³/mol. The van der Waals surface area contributed by atoms with E-state index in [2.05, 4.69) is 27.0 Å². The van der Waals surface area contributed by atoms with Crippen molar-refractivity contribution >= 4 is 38.6 Å². The number of anilines is 2. The third-order valence-electron chi connectivity index (χ3n) is 4.89. The van der Waals surface area contributed by atoms with Crippen LogP contribution in [0.25, 0.3) is 0 Å². The highest BCUT2D eigenvalue weighted by Gasteiger charge is 2.05. The van der Waals surface area contributed by atoms with Crippen molar-refractivity contribution in [2.24, 2.45) is 10.2 Å². The first kappa shape index (κ1) is 28.0. The van der Waals surface area contributed by atoms with Crippen molar-refractivity contribution in [1.82, 2.24) is 5.32 Å². The molecule has 0 spiro atoms. The fraction of sp³-hybridized carbons (Fsp3) is 0.458. The Morgan fingerprint density at radius 2 is 1.74 bits per heavy atom. The standard InChI is InChI=1S/C24H36N6O2S2/c1-2-22(27-28-23-3-5-24(6-4-23)30(14-17-31)15-18-32)7-10-26-11-19-33-34-20-16-29-12-8-21(25)9-13-29/h3-10,12-13,22,25-26,31-32H,2,11,14-20H2,1H3/p+1. The van der Waals surface area contributed by atoms with Gasteiger partial charge in [-0.05, 0) is 43.0 Å². The van der Waals surface area contributed by atoms with Gasteiger partial charge in [-0.3, -0.25) is 0 Å². The van der Waals surface area contributed by atoms with E-state index in [1.165, 1.54) is 0 Å². The van der Waals surface area contributed by atoms with Crippen LogP contribution in [-0.4, -0.2) is 60.6 Å². The molecule has 1 aromatic carbocycles. The molecular formula is C24H37N6O2S2+. The zero-order valence-corrected chi connectivity index (χ0v) is 21.4. The second kappa shape index (κ2) is 17.2. The maximum absolute atomic E-state index is 9.18. The Kier molecular flexibility index (Phi) is 14.2. The normalized spacial score (nSPS) is 12.4. The summed E-state index contributed by atoms with van der Waals surface area (Å²) in [6.07, 6.45) is 8.89. The molecule has 5 N–H and O–H groups in total. The summed E-state index contributed by atoms with van der Waals surface area (Å²) in [7, 11) is 3.74. The number of nitrogens with two attached hydrogens (primary N) is 1. The van der Waals surface area contributed by atoms with Gasteiger partial charge in [0.2, 0.25) is 0 Å². The van der Waals surface area contributed by atoms with Crippen molar-refractivity contribution in [2.75, 3.05) is 55.0 Å². The van der Waals surface area contributed by atoms with Crippen molar-refractivity contribution in [3.8, 4) is 0 Å². The summed E-state index contributed by atoms with van der Waals surface area (Å²) in [5, 5.41) is 30.5. The highest BCUT2D eigenvalue weighted by Crippen LogP contribution is 2.21. The van der Waals surface area contributed by atoms with Gasteiger partial charge in [0.05, 0.1) is 30.7 Å². The number of nitrogens with one attached hydrogen (secondary N) is 1. The highest BCUT2D eigenvalue weighted by molar-refractivity contribution is 8.76. The second-order valence-electron chi connectivity index (χ2n) is 7.47. The molecule has 2 rings (SSSR count). The van der Waals surface area contributed by atoms with Crippen molar-refractivity contribution in [3.63, 3.8) is 0 Å². The number of rotatable bonds is 17. The zero-order chi connectivity index (χ0) is 24.4. The number of aliphatic hydroxyl groups is 2. The number of aromatic nitrogens is 1. The summed E-state index contributed by atoms with van der Waals surface area (Å²) < 4.78 is 2.14. The minimum absolute atomic E-state index is 0.0198. The lowest BCUT2D eigenvalue weighted by atomic mass is 10.2. The van der Waals surface area contributed by atoms with Crippen molar-refractivity contribution in [3.05, 3.63) is 61.1 Å². The monoisotopic (exact) mass is 505 g/mol. The molecule has 2 aromatic rings. The fourth-order valence-corrected chi connectivity index (χ4v) is 4.88. The lowest BCUT2D eigenvalue weighted by Gasteiger charge is -2.22. The van der Waals surface area contributed by atoms with E-state index in [0.717, 1.165) is 48.1 Å². The van der Waals surface area contributed by atoms with Crippen LogP contribution in [0.3, 0.4) is 0 Å². The lowest BCUT2D eigenvalue weighted by molar-refractivity contribution is -0.692. The summed E-state index contributed by atoms with van der Waals surface area (Å²) in [6, 6.07) is 11.5. The van der Waals surface area contributed by atoms with Gasteiger partial charge >= 0.3 is 0 Å². The maximum Gasteiger partial charge on any atom is 0.170 e. The molecule has 1 aromatic heterocycles. The first-order valence-corrected chi connectivity index (χ1v) is 14.0. The first-order valence-electron chi connectivity index (χ1n) is 11.5. The number of hydrogen-bond donors (Lipinski definition) is 4. The Bertz CT molecular complexity index is 844. The summed E-state index contributed by atoms with van der Waals surface area (Å²) in [4.78, 5) is 1.93. The van der Waals surface area contributed by atoms with Gasteiger partial charge < -0.3 is 26.2 Å². The Balaban J connectivity index is 1.64. The molecule has 0 bridgehead atoms. The number of pyridine rings is 1. The molecule has 186 valence electrons. The topological polar surface area (TPSA) is 110 Å². The van der Waals surface area contributed by atoms with E-state index in [0.29, 0.717) is 13.1 Å². The third kappa shape index (κ3) is 11.2. The van der Waals surface area contributed by atoms with Crippen molar-refractivity contribution < 1.29 is 14.8 Å². The molecule has 1 heterocycles. The predicted octanol–water partition coefficient (Wildman–Crippen LogP) is 3.39. The minimum atomic E-state index is 0.0198. The number of aryl methyl sites for hydroxylation is 1. The van der Waals surface area contributed by atoms with Gasteiger partial charge in [-0.15, -0.1) is 0 Å². The molecule has 0 saturated heterocycles. The summed E-state index contributed by atoms with van der Waals surface area (Å²) in [5.41, 5.74) is 8.22. The van der Waals surface area contributed by atoms with E-state index in [4.69, 9.17) is 5.73 Å². The van der Waals surface area contributed by atoms with Gasteiger partial charge in [0.15, 0.2) is 18.9 Å². The van der Waals surface area contributed by atoms with Gasteiger partial charge in [-0.2, -0.15) is 10.2 Å². The Labute approximate surface area is 210 Å². The van der Waals surface area contributed by atoms with Crippen molar-refractivity contribution in [1.29, 1.82) is 0 Å². The fourth-order valence-electron chi connectivity index (χ4n) is 2.98. The first-order chi connectivity index (χ1) is 16.7. The lowest BCUT2D eigenvalue weighted by Crippen LogP contribution is -2.33. The Morgan fingerprint density at radius 3 is 2.38 bits per heavy atom. The van der Waals surface area contributed by atoms with E-state index in [9.17, 15) is 10.2 Å². The molecule has 0 radical (unpaired) electrons. The van der Waals surface area contributed by atoms with Crippen molar-refractivity contribution in [2.45, 2.75) is 25.9 Å². The molecule has 8 nitrogen and oxygen atoms in total. The Morgan fingerprint density at radius 1 is 1.06 bits per heavy atom. The van der Waals surface area contributed by atoms with Crippen LogP contribution >= 0.6 is 21.6 Å². The van der Waals surface area contributed by atoms with Crippen LogP contribution in [0, 0.1) is 0 Å². The number of hydrogen-bond acceptors (Lipinski definition) is 9. The minimum Gasteiger partial charge on any atom is -0.398 e. The molecule has 0 aliphatic carbocycles. The van der Waals surface area contributed by atoms with Gasteiger partial charge in [-0.1, -0.05) is 28.5 Å². The summed E-state index contributed by atoms with van der Waals surface area (Å²) in [5.74, 6) is 2.07. The summed E-state index contributed by atoms with van der Waals surface area (Å²) in [6.45, 7) is 5.01. The zero-order valence-electron chi connectivity index (χ0n) is 19.8. The molecule has 0 amide bonds. The smallest absolute Gasteiger partial charge is 0.170 e. The maximum atomic E-state index is 9.18. The number of azo groups is 1. The van der Waals surface area contributed by atoms with Crippen LogP contribution in [-0.2, 0) is 6.54 Å². The quantitative estimate of drug-likeness (QED) is 0.113. The highest BCUT2D eigenvalue weighted by atomic mass is 33.1. The van der Waals surface area contributed by atoms with E-state index in [-0.39, 0.29) is 19.3 Å². The number of nitrogen functional groups attached to an aromatic ring is 1. The molecule has 34 heavy (non-hydrogen) atoms. The van der Waals surface area contributed by atoms with Gasteiger partial charge in [0, 0.05) is 48.9 Å². The number of benzene rings is 1. The second-order valence-corrected chi connectivity index (χ2v) is 10.2.